The van der Waals surface area contributed by atoms with Gasteiger partial charge < -0.3 is 10.1 Å². The summed E-state index contributed by atoms with van der Waals surface area (Å²) < 4.78 is 6.44. The molecule has 1 aromatic carbocycles. The van der Waals surface area contributed by atoms with E-state index in [0.717, 1.165) is 15.8 Å². The van der Waals surface area contributed by atoms with Crippen molar-refractivity contribution in [3.63, 3.8) is 0 Å². The molecule has 0 unspecified atom stereocenters. The average Bonchev–Trinajstić information content (AvgIpc) is 2.27. The molecule has 0 aromatic heterocycles. The average molecular weight is 315 g/mol. The summed E-state index contributed by atoms with van der Waals surface area (Å²) in [6.07, 6.45) is 5.17. The standard InChI is InChI=1S/C13H13BrClNO/c1-3-6-17-13-5-4-12(14)7-11(13)9-16-8-10(2)15/h1,4-5,7,16H,2,6,8-9H2. The molecular formula is C13H13BrClNO. The van der Waals surface area contributed by atoms with Gasteiger partial charge in [0.1, 0.15) is 12.4 Å². The second kappa shape index (κ2) is 7.39. The summed E-state index contributed by atoms with van der Waals surface area (Å²) in [7, 11) is 0. The quantitative estimate of drug-likeness (QED) is 0.814. The third-order valence-corrected chi connectivity index (χ3v) is 2.59. The molecule has 1 rings (SSSR count). The van der Waals surface area contributed by atoms with Crippen LogP contribution in [0.2, 0.25) is 0 Å². The lowest BCUT2D eigenvalue weighted by atomic mass is 10.2. The molecule has 2 nitrogen and oxygen atoms in total. The van der Waals surface area contributed by atoms with Gasteiger partial charge in [0.25, 0.3) is 0 Å². The lowest BCUT2D eigenvalue weighted by molar-refractivity contribution is 0.365. The number of hydrogen-bond acceptors (Lipinski definition) is 2. The first kappa shape index (κ1) is 14.1. The Morgan fingerprint density at radius 1 is 1.59 bits per heavy atom. The summed E-state index contributed by atoms with van der Waals surface area (Å²) in [6, 6.07) is 5.78. The minimum atomic E-state index is 0.261. The Morgan fingerprint density at radius 2 is 2.35 bits per heavy atom. The van der Waals surface area contributed by atoms with Crippen molar-refractivity contribution in [2.45, 2.75) is 6.54 Å². The third-order valence-electron chi connectivity index (χ3n) is 1.97. The van der Waals surface area contributed by atoms with Gasteiger partial charge in [-0.15, -0.1) is 6.42 Å². The molecule has 1 aromatic rings. The van der Waals surface area contributed by atoms with E-state index >= 15 is 0 Å². The molecule has 4 heteroatoms. The molecule has 0 fully saturated rings. The van der Waals surface area contributed by atoms with Gasteiger partial charge in [-0.1, -0.05) is 40.0 Å². The van der Waals surface area contributed by atoms with E-state index in [0.29, 0.717) is 18.1 Å². The Labute approximate surface area is 115 Å². The first-order valence-corrected chi connectivity index (χ1v) is 6.19. The van der Waals surface area contributed by atoms with Crippen molar-refractivity contribution in [2.24, 2.45) is 0 Å². The van der Waals surface area contributed by atoms with E-state index in [4.69, 9.17) is 22.8 Å². The van der Waals surface area contributed by atoms with Gasteiger partial charge in [0.15, 0.2) is 0 Å². The van der Waals surface area contributed by atoms with Gasteiger partial charge in [0, 0.05) is 28.2 Å². The number of nitrogens with one attached hydrogen (secondary N) is 1. The SMILES string of the molecule is C#CCOc1ccc(Br)cc1CNCC(=C)Cl. The number of terminal acetylenes is 1. The molecule has 0 radical (unpaired) electrons. The van der Waals surface area contributed by atoms with Gasteiger partial charge in [-0.25, -0.2) is 0 Å². The predicted octanol–water partition coefficient (Wildman–Crippen LogP) is 3.30. The fourth-order valence-electron chi connectivity index (χ4n) is 1.28. The van der Waals surface area contributed by atoms with E-state index in [9.17, 15) is 0 Å². The Morgan fingerprint density at radius 3 is 3.00 bits per heavy atom. The summed E-state index contributed by atoms with van der Waals surface area (Å²) in [5, 5.41) is 3.74. The molecule has 1 N–H and O–H groups in total. The fourth-order valence-corrected chi connectivity index (χ4v) is 1.78. The normalized spacial score (nSPS) is 9.71. The van der Waals surface area contributed by atoms with Crippen LogP contribution in [0.25, 0.3) is 0 Å². The highest BCUT2D eigenvalue weighted by molar-refractivity contribution is 9.10. The molecule has 0 aliphatic rings. The predicted molar refractivity (Wildman–Crippen MR) is 75.2 cm³/mol. The summed E-state index contributed by atoms with van der Waals surface area (Å²) >= 11 is 9.09. The van der Waals surface area contributed by atoms with Crippen LogP contribution in [0.5, 0.6) is 5.75 Å². The number of benzene rings is 1. The van der Waals surface area contributed by atoms with E-state index in [1.807, 2.05) is 18.2 Å². The van der Waals surface area contributed by atoms with Crippen molar-refractivity contribution < 1.29 is 4.74 Å². The van der Waals surface area contributed by atoms with E-state index in [-0.39, 0.29) is 6.61 Å². The molecule has 0 bridgehead atoms. The topological polar surface area (TPSA) is 21.3 Å². The maximum atomic E-state index is 5.67. The van der Waals surface area contributed by atoms with Crippen molar-refractivity contribution in [2.75, 3.05) is 13.2 Å². The number of hydrogen-bond donors (Lipinski definition) is 1. The highest BCUT2D eigenvalue weighted by Gasteiger charge is 2.04. The van der Waals surface area contributed by atoms with Crippen molar-refractivity contribution in [3.05, 3.63) is 39.8 Å². The van der Waals surface area contributed by atoms with Crippen LogP contribution in [0, 0.1) is 12.3 Å². The smallest absolute Gasteiger partial charge is 0.148 e. The van der Waals surface area contributed by atoms with Crippen LogP contribution in [0.15, 0.2) is 34.3 Å². The van der Waals surface area contributed by atoms with Crippen molar-refractivity contribution >= 4 is 27.5 Å². The van der Waals surface area contributed by atoms with E-state index < -0.39 is 0 Å². The van der Waals surface area contributed by atoms with Crippen LogP contribution in [0.1, 0.15) is 5.56 Å². The molecule has 0 atom stereocenters. The van der Waals surface area contributed by atoms with Gasteiger partial charge in [-0.05, 0) is 18.2 Å². The van der Waals surface area contributed by atoms with E-state index in [1.165, 1.54) is 0 Å². The fraction of sp³-hybridized carbons (Fsp3) is 0.231. The Hall–Kier alpha value is -0.950. The lowest BCUT2D eigenvalue weighted by Gasteiger charge is -2.11. The molecule has 0 aliphatic carbocycles. The van der Waals surface area contributed by atoms with Crippen LogP contribution >= 0.6 is 27.5 Å². The molecule has 0 saturated carbocycles. The van der Waals surface area contributed by atoms with Gasteiger partial charge in [-0.2, -0.15) is 0 Å². The van der Waals surface area contributed by atoms with Crippen LogP contribution in [0.3, 0.4) is 0 Å². The summed E-state index contributed by atoms with van der Waals surface area (Å²) in [5.74, 6) is 3.22. The molecule has 0 amide bonds. The zero-order valence-corrected chi connectivity index (χ0v) is 11.6. The second-order valence-electron chi connectivity index (χ2n) is 3.37. The molecule has 17 heavy (non-hydrogen) atoms. The highest BCUT2D eigenvalue weighted by Crippen LogP contribution is 2.23. The van der Waals surface area contributed by atoms with Gasteiger partial charge in [0.2, 0.25) is 0 Å². The van der Waals surface area contributed by atoms with Crippen LogP contribution < -0.4 is 10.1 Å². The number of ether oxygens (including phenoxy) is 1. The van der Waals surface area contributed by atoms with Gasteiger partial charge in [0.05, 0.1) is 0 Å². The maximum absolute atomic E-state index is 5.67. The van der Waals surface area contributed by atoms with Crippen molar-refractivity contribution in [1.82, 2.24) is 5.32 Å². The van der Waals surface area contributed by atoms with Crippen molar-refractivity contribution in [1.29, 1.82) is 0 Å². The monoisotopic (exact) mass is 313 g/mol. The highest BCUT2D eigenvalue weighted by atomic mass is 79.9. The molecule has 0 spiro atoms. The van der Waals surface area contributed by atoms with Crippen LogP contribution in [-0.2, 0) is 6.54 Å². The minimum absolute atomic E-state index is 0.261. The Bertz CT molecular complexity index is 440. The third kappa shape index (κ3) is 5.27. The summed E-state index contributed by atoms with van der Waals surface area (Å²) in [4.78, 5) is 0. The zero-order valence-electron chi connectivity index (χ0n) is 9.30. The Balaban J connectivity index is 2.69. The summed E-state index contributed by atoms with van der Waals surface area (Å²) in [6.45, 7) is 5.07. The molecule has 0 saturated heterocycles. The number of rotatable bonds is 6. The minimum Gasteiger partial charge on any atom is -0.481 e. The maximum Gasteiger partial charge on any atom is 0.148 e. The molecule has 90 valence electrons. The molecule has 0 aliphatic heterocycles. The summed E-state index contributed by atoms with van der Waals surface area (Å²) in [5.41, 5.74) is 1.02. The largest absolute Gasteiger partial charge is 0.481 e. The number of halogens is 2. The van der Waals surface area contributed by atoms with Gasteiger partial charge >= 0.3 is 0 Å². The first-order chi connectivity index (χ1) is 8.13. The zero-order chi connectivity index (χ0) is 12.7. The van der Waals surface area contributed by atoms with Gasteiger partial charge in [-0.3, -0.25) is 0 Å². The second-order valence-corrected chi connectivity index (χ2v) is 4.82. The van der Waals surface area contributed by atoms with Crippen molar-refractivity contribution in [3.8, 4) is 18.1 Å². The van der Waals surface area contributed by atoms with Crippen LogP contribution in [-0.4, -0.2) is 13.2 Å². The van der Waals surface area contributed by atoms with E-state index in [2.05, 4.69) is 33.7 Å². The molecule has 0 heterocycles. The van der Waals surface area contributed by atoms with Crippen LogP contribution in [0.4, 0.5) is 0 Å². The van der Waals surface area contributed by atoms with E-state index in [1.54, 1.807) is 0 Å². The lowest BCUT2D eigenvalue weighted by Crippen LogP contribution is -2.15. The first-order valence-electron chi connectivity index (χ1n) is 5.02. The molecular weight excluding hydrogens is 302 g/mol. The Kier molecular flexibility index (Phi) is 6.13.